The van der Waals surface area contributed by atoms with Crippen molar-refractivity contribution in [3.05, 3.63) is 52.0 Å². The van der Waals surface area contributed by atoms with E-state index in [1.54, 1.807) is 0 Å². The van der Waals surface area contributed by atoms with Crippen LogP contribution in [0.15, 0.2) is 46.9 Å². The Hall–Kier alpha value is -0.560. The van der Waals surface area contributed by atoms with E-state index in [-0.39, 0.29) is 0 Å². The molecule has 150 valence electrons. The van der Waals surface area contributed by atoms with Crippen molar-refractivity contribution < 1.29 is 4.57 Å². The Morgan fingerprint density at radius 2 is 1.36 bits per heavy atom. The third-order valence-corrected chi connectivity index (χ3v) is 12.1. The minimum atomic E-state index is -2.58. The average molecular weight is 480 g/mol. The summed E-state index contributed by atoms with van der Waals surface area (Å²) < 4.78 is 16.1. The van der Waals surface area contributed by atoms with E-state index < -0.39 is 7.14 Å². The molecule has 2 saturated carbocycles. The van der Waals surface area contributed by atoms with Crippen molar-refractivity contribution in [2.24, 2.45) is 0 Å². The first-order valence-corrected chi connectivity index (χ1v) is 13.8. The van der Waals surface area contributed by atoms with Crippen LogP contribution in [0.5, 0.6) is 0 Å². The lowest BCUT2D eigenvalue weighted by molar-refractivity contribution is 0.453. The molecule has 4 heteroatoms. The van der Waals surface area contributed by atoms with E-state index in [1.807, 2.05) is 24.3 Å². The molecule has 0 saturated heterocycles. The molecule has 0 radical (unpaired) electrons. The molecule has 28 heavy (non-hydrogen) atoms. The van der Waals surface area contributed by atoms with Crippen LogP contribution in [0, 0.1) is 0 Å². The van der Waals surface area contributed by atoms with Gasteiger partial charge in [0.05, 0.1) is 0 Å². The number of benzene rings is 2. The van der Waals surface area contributed by atoms with Crippen molar-refractivity contribution in [3.63, 3.8) is 0 Å². The highest BCUT2D eigenvalue weighted by molar-refractivity contribution is 9.10. The molecule has 2 aromatic rings. The molecule has 1 nitrogen and oxygen atoms in total. The van der Waals surface area contributed by atoms with E-state index in [0.29, 0.717) is 11.3 Å². The van der Waals surface area contributed by atoms with Crippen LogP contribution in [0.3, 0.4) is 0 Å². The van der Waals surface area contributed by atoms with Gasteiger partial charge in [0.2, 0.25) is 0 Å². The summed E-state index contributed by atoms with van der Waals surface area (Å²) in [5.74, 6) is 0. The summed E-state index contributed by atoms with van der Waals surface area (Å²) in [5.41, 5.74) is 2.71. The summed E-state index contributed by atoms with van der Waals surface area (Å²) in [6, 6.07) is 14.3. The van der Waals surface area contributed by atoms with Crippen molar-refractivity contribution in [2.45, 2.75) is 75.5 Å². The molecular formula is C24H29BrClOP. The van der Waals surface area contributed by atoms with Gasteiger partial charge in [0, 0.05) is 31.7 Å². The van der Waals surface area contributed by atoms with E-state index in [9.17, 15) is 0 Å². The second kappa shape index (κ2) is 9.07. The number of hydrogen-bond donors (Lipinski definition) is 0. The maximum absolute atomic E-state index is 15.1. The molecule has 0 N–H and O–H groups in total. The quantitative estimate of drug-likeness (QED) is 0.402. The molecule has 0 aliphatic heterocycles. The lowest BCUT2D eigenvalue weighted by atomic mass is 9.99. The Morgan fingerprint density at radius 3 is 1.93 bits per heavy atom. The fourth-order valence-electron chi connectivity index (χ4n) is 5.36. The molecule has 0 aromatic heterocycles. The van der Waals surface area contributed by atoms with Gasteiger partial charge in [-0.15, -0.1) is 0 Å². The first kappa shape index (κ1) is 20.7. The fourth-order valence-corrected chi connectivity index (χ4v) is 10.7. The van der Waals surface area contributed by atoms with Crippen LogP contribution in [-0.2, 0) is 4.57 Å². The van der Waals surface area contributed by atoms with Gasteiger partial charge in [-0.25, -0.2) is 0 Å². The number of rotatable bonds is 4. The van der Waals surface area contributed by atoms with Crippen LogP contribution in [0.25, 0.3) is 11.1 Å². The average Bonchev–Trinajstić information content (AvgIpc) is 2.75. The number of halogens is 2. The largest absolute Gasteiger partial charge is 0.318 e. The van der Waals surface area contributed by atoms with Crippen LogP contribution in [-0.4, -0.2) is 11.3 Å². The van der Waals surface area contributed by atoms with Gasteiger partial charge < -0.3 is 4.57 Å². The summed E-state index contributed by atoms with van der Waals surface area (Å²) in [5, 5.41) is 1.77. The Bertz CT molecular complexity index is 847. The minimum absolute atomic E-state index is 0.323. The zero-order valence-electron chi connectivity index (χ0n) is 16.4. The van der Waals surface area contributed by atoms with Crippen LogP contribution in [0.1, 0.15) is 64.2 Å². The highest BCUT2D eigenvalue weighted by Crippen LogP contribution is 2.63. The van der Waals surface area contributed by atoms with E-state index in [2.05, 4.69) is 34.1 Å². The van der Waals surface area contributed by atoms with Crippen molar-refractivity contribution in [1.29, 1.82) is 0 Å². The maximum Gasteiger partial charge on any atom is 0.122 e. The topological polar surface area (TPSA) is 17.1 Å². The minimum Gasteiger partial charge on any atom is -0.318 e. The van der Waals surface area contributed by atoms with Crippen LogP contribution >= 0.6 is 34.7 Å². The monoisotopic (exact) mass is 478 g/mol. The molecule has 0 heterocycles. The van der Waals surface area contributed by atoms with Gasteiger partial charge in [0.25, 0.3) is 0 Å². The first-order valence-electron chi connectivity index (χ1n) is 10.8. The highest BCUT2D eigenvalue weighted by Gasteiger charge is 2.44. The molecule has 4 rings (SSSR count). The Balaban J connectivity index is 1.91. The lowest BCUT2D eigenvalue weighted by Crippen LogP contribution is -2.30. The Labute approximate surface area is 182 Å². The molecule has 2 aliphatic rings. The van der Waals surface area contributed by atoms with Crippen LogP contribution < -0.4 is 5.30 Å². The van der Waals surface area contributed by atoms with Gasteiger partial charge in [0.15, 0.2) is 0 Å². The van der Waals surface area contributed by atoms with Gasteiger partial charge in [-0.3, -0.25) is 0 Å². The number of hydrogen-bond acceptors (Lipinski definition) is 1. The fraction of sp³-hybridized carbons (Fsp3) is 0.500. The van der Waals surface area contributed by atoms with Crippen LogP contribution in [0.4, 0.5) is 0 Å². The Morgan fingerprint density at radius 1 is 0.786 bits per heavy atom. The smallest absolute Gasteiger partial charge is 0.122 e. The lowest BCUT2D eigenvalue weighted by Gasteiger charge is -2.39. The van der Waals surface area contributed by atoms with E-state index in [1.165, 1.54) is 38.5 Å². The molecule has 2 aromatic carbocycles. The highest BCUT2D eigenvalue weighted by atomic mass is 79.9. The van der Waals surface area contributed by atoms with Gasteiger partial charge in [-0.1, -0.05) is 96.4 Å². The van der Waals surface area contributed by atoms with Gasteiger partial charge in [0.1, 0.15) is 7.14 Å². The van der Waals surface area contributed by atoms with Crippen molar-refractivity contribution in [2.75, 3.05) is 0 Å². The van der Waals surface area contributed by atoms with Crippen molar-refractivity contribution in [3.8, 4) is 11.1 Å². The van der Waals surface area contributed by atoms with Crippen LogP contribution in [0.2, 0.25) is 5.02 Å². The molecular weight excluding hydrogens is 451 g/mol. The molecule has 0 unspecified atom stereocenters. The molecule has 0 bridgehead atoms. The summed E-state index contributed by atoms with van der Waals surface area (Å²) in [7, 11) is -2.58. The molecule has 2 fully saturated rings. The standard InChI is InChI=1S/C24H29BrClOP/c25-21-15-8-7-14-20(21)24-22(26)16-9-17-23(24)28(27,18-10-3-1-4-11-18)19-12-5-2-6-13-19/h7-9,14-19H,1-6,10-13H2. The second-order valence-corrected chi connectivity index (χ2v) is 13.0. The molecule has 0 spiro atoms. The molecule has 0 atom stereocenters. The van der Waals surface area contributed by atoms with E-state index >= 15 is 4.57 Å². The zero-order chi connectivity index (χ0) is 19.6. The van der Waals surface area contributed by atoms with E-state index in [0.717, 1.165) is 51.6 Å². The predicted molar refractivity (Wildman–Crippen MR) is 126 cm³/mol. The maximum atomic E-state index is 15.1. The predicted octanol–water partition coefficient (Wildman–Crippen LogP) is 8.42. The molecule has 0 amide bonds. The SMILES string of the molecule is O=P(c1cccc(Cl)c1-c1ccccc1Br)(C1CCCCC1)C1CCCCC1. The van der Waals surface area contributed by atoms with E-state index in [4.69, 9.17) is 11.6 Å². The van der Waals surface area contributed by atoms with Gasteiger partial charge >= 0.3 is 0 Å². The summed E-state index contributed by atoms with van der Waals surface area (Å²) in [6.07, 6.45) is 11.9. The first-order chi connectivity index (χ1) is 13.6. The van der Waals surface area contributed by atoms with Gasteiger partial charge in [-0.2, -0.15) is 0 Å². The second-order valence-electron chi connectivity index (χ2n) is 8.41. The zero-order valence-corrected chi connectivity index (χ0v) is 19.6. The summed E-state index contributed by atoms with van der Waals surface area (Å²) >= 11 is 10.5. The van der Waals surface area contributed by atoms with Gasteiger partial charge in [-0.05, 0) is 43.4 Å². The third-order valence-electron chi connectivity index (χ3n) is 6.75. The third kappa shape index (κ3) is 3.90. The normalized spacial score (nSPS) is 19.6. The summed E-state index contributed by atoms with van der Waals surface area (Å²) in [6.45, 7) is 0. The molecule has 2 aliphatic carbocycles. The Kier molecular flexibility index (Phi) is 6.70. The van der Waals surface area contributed by atoms with Crippen molar-refractivity contribution in [1.82, 2.24) is 0 Å². The van der Waals surface area contributed by atoms with Crippen molar-refractivity contribution >= 4 is 40.0 Å². The summed E-state index contributed by atoms with van der Waals surface area (Å²) in [4.78, 5) is 0.